The third-order valence-corrected chi connectivity index (χ3v) is 5.65. The molecule has 1 N–H and O–H groups in total. The van der Waals surface area contributed by atoms with Gasteiger partial charge in [-0.05, 0) is 41.5 Å². The Labute approximate surface area is 199 Å². The number of nitrogens with zero attached hydrogens (tertiary/aromatic N) is 2. The quantitative estimate of drug-likeness (QED) is 0.526. The first-order chi connectivity index (χ1) is 16.6. The van der Waals surface area contributed by atoms with Crippen LogP contribution < -0.4 is 10.1 Å². The molecule has 0 fully saturated rings. The summed E-state index contributed by atoms with van der Waals surface area (Å²) >= 11 is 0. The maximum Gasteiger partial charge on any atom is 0.243 e. The lowest BCUT2D eigenvalue weighted by molar-refractivity contribution is -0.134. The number of carbonyl (C=O) groups is 2. The fourth-order valence-corrected chi connectivity index (χ4v) is 3.88. The second-order valence-electron chi connectivity index (χ2n) is 7.92. The predicted octanol–water partition coefficient (Wildman–Crippen LogP) is 4.77. The zero-order valence-corrected chi connectivity index (χ0v) is 18.9. The molecule has 4 rings (SSSR count). The highest BCUT2D eigenvalue weighted by molar-refractivity contribution is 6.03. The van der Waals surface area contributed by atoms with Crippen molar-refractivity contribution in [2.24, 2.45) is 5.10 Å². The summed E-state index contributed by atoms with van der Waals surface area (Å²) in [5, 5.41) is 8.97. The molecule has 6 heteroatoms. The van der Waals surface area contributed by atoms with Crippen LogP contribution >= 0.6 is 0 Å². The van der Waals surface area contributed by atoms with Crippen molar-refractivity contribution in [2.45, 2.75) is 25.3 Å². The Hall–Kier alpha value is -4.37. The van der Waals surface area contributed by atoms with Gasteiger partial charge in [-0.15, -0.1) is 6.42 Å². The van der Waals surface area contributed by atoms with Crippen molar-refractivity contribution in [1.29, 1.82) is 0 Å². The smallest absolute Gasteiger partial charge is 0.243 e. The highest BCUT2D eigenvalue weighted by Crippen LogP contribution is 2.34. The number of methoxy groups -OCH3 is 1. The van der Waals surface area contributed by atoms with Gasteiger partial charge < -0.3 is 10.1 Å². The number of terminal acetylenes is 1. The van der Waals surface area contributed by atoms with Gasteiger partial charge in [0.25, 0.3) is 0 Å². The van der Waals surface area contributed by atoms with Crippen LogP contribution in [0.15, 0.2) is 84.0 Å². The van der Waals surface area contributed by atoms with E-state index >= 15 is 0 Å². The highest BCUT2D eigenvalue weighted by atomic mass is 16.5. The first-order valence-electron chi connectivity index (χ1n) is 11.0. The summed E-state index contributed by atoms with van der Waals surface area (Å²) in [5.41, 5.74) is 4.05. The summed E-state index contributed by atoms with van der Waals surface area (Å²) in [6.07, 6.45) is 6.09. The Balaban J connectivity index is 1.48. The fraction of sp³-hybridized carbons (Fsp3) is 0.179. The number of rotatable bonds is 7. The van der Waals surface area contributed by atoms with Crippen LogP contribution in [0.2, 0.25) is 0 Å². The molecule has 3 aromatic carbocycles. The van der Waals surface area contributed by atoms with Crippen LogP contribution in [0.1, 0.15) is 42.0 Å². The minimum Gasteiger partial charge on any atom is -0.497 e. The molecule has 0 spiro atoms. The van der Waals surface area contributed by atoms with E-state index in [0.717, 1.165) is 22.6 Å². The van der Waals surface area contributed by atoms with Crippen LogP contribution in [0.25, 0.3) is 0 Å². The largest absolute Gasteiger partial charge is 0.497 e. The standard InChI is InChI=1S/C28H25N3O3/c1-3-20-8-7-11-23(18-20)29-27(32)16-17-28(33)31-26(22-12-14-24(34-2)15-13-22)19-25(30-31)21-9-5-4-6-10-21/h1,4-15,18,26H,16-17,19H2,2H3,(H,29,32). The maximum absolute atomic E-state index is 13.2. The van der Waals surface area contributed by atoms with Crippen molar-refractivity contribution < 1.29 is 14.3 Å². The molecule has 0 saturated carbocycles. The number of carbonyl (C=O) groups excluding carboxylic acids is 2. The lowest BCUT2D eigenvalue weighted by atomic mass is 9.98. The van der Waals surface area contributed by atoms with E-state index in [4.69, 9.17) is 11.2 Å². The summed E-state index contributed by atoms with van der Waals surface area (Å²) in [6.45, 7) is 0. The average molecular weight is 452 g/mol. The number of hydrogen-bond acceptors (Lipinski definition) is 4. The Bertz CT molecular complexity index is 1240. The van der Waals surface area contributed by atoms with Crippen molar-refractivity contribution in [3.8, 4) is 18.1 Å². The molecule has 0 saturated heterocycles. The average Bonchev–Trinajstić information content (AvgIpc) is 3.34. The van der Waals surface area contributed by atoms with Gasteiger partial charge in [-0.25, -0.2) is 5.01 Å². The normalized spacial score (nSPS) is 14.8. The van der Waals surface area contributed by atoms with Gasteiger partial charge >= 0.3 is 0 Å². The van der Waals surface area contributed by atoms with E-state index in [2.05, 4.69) is 16.3 Å². The molecule has 2 amide bonds. The summed E-state index contributed by atoms with van der Waals surface area (Å²) in [7, 11) is 1.62. The van der Waals surface area contributed by atoms with E-state index in [-0.39, 0.29) is 30.7 Å². The van der Waals surface area contributed by atoms with Gasteiger partial charge in [-0.1, -0.05) is 54.5 Å². The van der Waals surface area contributed by atoms with E-state index in [0.29, 0.717) is 17.7 Å². The number of anilines is 1. The van der Waals surface area contributed by atoms with Gasteiger partial charge in [0.15, 0.2) is 0 Å². The Morgan fingerprint density at radius 3 is 2.53 bits per heavy atom. The molecule has 1 aliphatic heterocycles. The first-order valence-corrected chi connectivity index (χ1v) is 11.0. The third kappa shape index (κ3) is 5.33. The van der Waals surface area contributed by atoms with Crippen molar-refractivity contribution in [3.05, 3.63) is 95.6 Å². The fourth-order valence-electron chi connectivity index (χ4n) is 3.88. The Morgan fingerprint density at radius 2 is 1.82 bits per heavy atom. The number of nitrogens with one attached hydrogen (secondary N) is 1. The Kier molecular flexibility index (Phi) is 7.04. The molecule has 3 aromatic rings. The van der Waals surface area contributed by atoms with E-state index < -0.39 is 0 Å². The zero-order valence-electron chi connectivity index (χ0n) is 18.9. The Morgan fingerprint density at radius 1 is 1.06 bits per heavy atom. The zero-order chi connectivity index (χ0) is 23.9. The minimum absolute atomic E-state index is 0.0406. The molecule has 34 heavy (non-hydrogen) atoms. The molecule has 0 aliphatic carbocycles. The molecule has 0 radical (unpaired) electrons. The van der Waals surface area contributed by atoms with Crippen molar-refractivity contribution >= 4 is 23.2 Å². The number of benzene rings is 3. The van der Waals surface area contributed by atoms with Gasteiger partial charge in [-0.3, -0.25) is 9.59 Å². The van der Waals surface area contributed by atoms with Crippen molar-refractivity contribution in [1.82, 2.24) is 5.01 Å². The highest BCUT2D eigenvalue weighted by Gasteiger charge is 2.33. The lowest BCUT2D eigenvalue weighted by Crippen LogP contribution is -2.28. The van der Waals surface area contributed by atoms with Crippen LogP contribution in [-0.2, 0) is 9.59 Å². The molecular formula is C28H25N3O3. The summed E-state index contributed by atoms with van der Waals surface area (Å²) in [4.78, 5) is 25.6. The number of hydrazone groups is 1. The summed E-state index contributed by atoms with van der Waals surface area (Å²) in [5.74, 6) is 2.82. The summed E-state index contributed by atoms with van der Waals surface area (Å²) in [6, 6.07) is 24.2. The second-order valence-corrected chi connectivity index (χ2v) is 7.92. The van der Waals surface area contributed by atoms with Crippen LogP contribution in [-0.4, -0.2) is 29.6 Å². The van der Waals surface area contributed by atoms with E-state index in [9.17, 15) is 9.59 Å². The SMILES string of the molecule is C#Cc1cccc(NC(=O)CCC(=O)N2N=C(c3ccccc3)CC2c2ccc(OC)cc2)c1. The van der Waals surface area contributed by atoms with Gasteiger partial charge in [0.1, 0.15) is 5.75 Å². The lowest BCUT2D eigenvalue weighted by Gasteiger charge is -2.22. The molecule has 1 unspecified atom stereocenters. The molecule has 1 aliphatic rings. The third-order valence-electron chi connectivity index (χ3n) is 5.65. The summed E-state index contributed by atoms with van der Waals surface area (Å²) < 4.78 is 5.26. The van der Waals surface area contributed by atoms with E-state index in [1.807, 2.05) is 54.6 Å². The van der Waals surface area contributed by atoms with E-state index in [1.165, 1.54) is 5.01 Å². The predicted molar refractivity (Wildman–Crippen MR) is 132 cm³/mol. The second kappa shape index (κ2) is 10.5. The van der Waals surface area contributed by atoms with Crippen LogP contribution in [0.3, 0.4) is 0 Å². The van der Waals surface area contributed by atoms with Crippen LogP contribution in [0, 0.1) is 12.3 Å². The van der Waals surface area contributed by atoms with Crippen molar-refractivity contribution in [3.63, 3.8) is 0 Å². The van der Waals surface area contributed by atoms with E-state index in [1.54, 1.807) is 31.4 Å². The number of ether oxygens (including phenoxy) is 1. The molecule has 170 valence electrons. The minimum atomic E-state index is -0.255. The monoisotopic (exact) mass is 451 g/mol. The topological polar surface area (TPSA) is 71.0 Å². The van der Waals surface area contributed by atoms with Gasteiger partial charge in [0, 0.05) is 30.5 Å². The molecule has 0 bridgehead atoms. The molecular weight excluding hydrogens is 426 g/mol. The number of hydrogen-bond donors (Lipinski definition) is 1. The number of amides is 2. The van der Waals surface area contributed by atoms with Gasteiger partial charge in [-0.2, -0.15) is 5.10 Å². The molecule has 1 atom stereocenters. The van der Waals surface area contributed by atoms with Gasteiger partial charge in [0.2, 0.25) is 11.8 Å². The molecule has 1 heterocycles. The van der Waals surface area contributed by atoms with Crippen LogP contribution in [0.4, 0.5) is 5.69 Å². The first kappa shape index (κ1) is 22.8. The molecule has 6 nitrogen and oxygen atoms in total. The van der Waals surface area contributed by atoms with Crippen LogP contribution in [0.5, 0.6) is 5.75 Å². The maximum atomic E-state index is 13.2. The van der Waals surface area contributed by atoms with Gasteiger partial charge in [0.05, 0.1) is 18.9 Å². The molecule has 0 aromatic heterocycles. The van der Waals surface area contributed by atoms with Crippen molar-refractivity contribution in [2.75, 3.05) is 12.4 Å².